The lowest BCUT2D eigenvalue weighted by molar-refractivity contribution is 1.39. The SMILES string of the molecule is Cc1ccc(-c2cccc(-c3cccc(-c4ccc(C)cc4)c3C)c2C)cc1. The van der Waals surface area contributed by atoms with Gasteiger partial charge in [-0.15, -0.1) is 0 Å². The summed E-state index contributed by atoms with van der Waals surface area (Å²) in [5, 5.41) is 0. The van der Waals surface area contributed by atoms with E-state index in [1.807, 2.05) is 0 Å². The third kappa shape index (κ3) is 3.39. The highest BCUT2D eigenvalue weighted by atomic mass is 14.2. The molecule has 0 bridgehead atoms. The van der Waals surface area contributed by atoms with Gasteiger partial charge in [-0.3, -0.25) is 0 Å². The topological polar surface area (TPSA) is 0 Å². The van der Waals surface area contributed by atoms with E-state index in [9.17, 15) is 0 Å². The zero-order valence-electron chi connectivity index (χ0n) is 17.1. The Balaban J connectivity index is 1.84. The molecule has 0 nitrogen and oxygen atoms in total. The Bertz CT molecular complexity index is 1020. The summed E-state index contributed by atoms with van der Waals surface area (Å²) in [7, 11) is 0. The quantitative estimate of drug-likeness (QED) is 0.347. The van der Waals surface area contributed by atoms with Crippen LogP contribution < -0.4 is 0 Å². The molecule has 0 atom stereocenters. The van der Waals surface area contributed by atoms with Crippen LogP contribution in [0.25, 0.3) is 33.4 Å². The van der Waals surface area contributed by atoms with Crippen LogP contribution in [0.2, 0.25) is 0 Å². The maximum Gasteiger partial charge on any atom is -0.0146 e. The van der Waals surface area contributed by atoms with Gasteiger partial charge in [0.15, 0.2) is 0 Å². The fraction of sp³-hybridized carbons (Fsp3) is 0.143. The lowest BCUT2D eigenvalue weighted by atomic mass is 9.88. The average Bonchev–Trinajstić information content (AvgIpc) is 2.70. The molecule has 0 aromatic heterocycles. The summed E-state index contributed by atoms with van der Waals surface area (Å²) in [6.07, 6.45) is 0. The van der Waals surface area contributed by atoms with Crippen LogP contribution in [0.15, 0.2) is 84.9 Å². The molecule has 0 fully saturated rings. The van der Waals surface area contributed by atoms with E-state index in [1.54, 1.807) is 0 Å². The maximum absolute atomic E-state index is 2.24. The second-order valence-corrected chi connectivity index (χ2v) is 7.69. The van der Waals surface area contributed by atoms with Crippen molar-refractivity contribution in [2.24, 2.45) is 0 Å². The molecule has 4 aromatic rings. The third-order valence-corrected chi connectivity index (χ3v) is 5.68. The van der Waals surface area contributed by atoms with Gasteiger partial charge in [0.2, 0.25) is 0 Å². The molecule has 0 aliphatic carbocycles. The van der Waals surface area contributed by atoms with Crippen molar-refractivity contribution < 1.29 is 0 Å². The Kier molecular flexibility index (Phi) is 4.88. The summed E-state index contributed by atoms with van der Waals surface area (Å²) >= 11 is 0. The first-order chi connectivity index (χ1) is 13.5. The first-order valence-electron chi connectivity index (χ1n) is 9.88. The van der Waals surface area contributed by atoms with E-state index in [4.69, 9.17) is 0 Å². The first kappa shape index (κ1) is 18.3. The van der Waals surface area contributed by atoms with Gasteiger partial charge in [-0.1, -0.05) is 96.1 Å². The van der Waals surface area contributed by atoms with Crippen molar-refractivity contribution >= 4 is 0 Å². The fourth-order valence-electron chi connectivity index (χ4n) is 3.95. The largest absolute Gasteiger partial charge is 0.0610 e. The lowest BCUT2D eigenvalue weighted by Crippen LogP contribution is -1.93. The Morgan fingerprint density at radius 3 is 1.04 bits per heavy atom. The Morgan fingerprint density at radius 2 is 0.679 bits per heavy atom. The van der Waals surface area contributed by atoms with Gasteiger partial charge in [0.25, 0.3) is 0 Å². The number of hydrogen-bond donors (Lipinski definition) is 0. The van der Waals surface area contributed by atoms with Crippen molar-refractivity contribution in [2.75, 3.05) is 0 Å². The molecular weight excluding hydrogens is 336 g/mol. The Labute approximate surface area is 168 Å². The van der Waals surface area contributed by atoms with Gasteiger partial charge >= 0.3 is 0 Å². The number of benzene rings is 4. The molecule has 0 heterocycles. The molecule has 138 valence electrons. The highest BCUT2D eigenvalue weighted by molar-refractivity contribution is 5.83. The van der Waals surface area contributed by atoms with Gasteiger partial charge in [0, 0.05) is 0 Å². The number of aryl methyl sites for hydroxylation is 2. The smallest absolute Gasteiger partial charge is 0.0146 e. The molecule has 0 saturated carbocycles. The first-order valence-corrected chi connectivity index (χ1v) is 9.88. The summed E-state index contributed by atoms with van der Waals surface area (Å²) in [6, 6.07) is 30.9. The Hall–Kier alpha value is -3.12. The van der Waals surface area contributed by atoms with E-state index in [1.165, 1.54) is 55.6 Å². The summed E-state index contributed by atoms with van der Waals surface area (Å²) in [5.74, 6) is 0. The third-order valence-electron chi connectivity index (χ3n) is 5.68. The summed E-state index contributed by atoms with van der Waals surface area (Å²) in [6.45, 7) is 8.74. The van der Waals surface area contributed by atoms with Crippen molar-refractivity contribution in [3.8, 4) is 33.4 Å². The van der Waals surface area contributed by atoms with Gasteiger partial charge in [0.1, 0.15) is 0 Å². The second-order valence-electron chi connectivity index (χ2n) is 7.69. The minimum atomic E-state index is 1.28. The van der Waals surface area contributed by atoms with Gasteiger partial charge in [-0.05, 0) is 72.2 Å². The van der Waals surface area contributed by atoms with E-state index in [2.05, 4.69) is 113 Å². The highest BCUT2D eigenvalue weighted by Gasteiger charge is 2.12. The van der Waals surface area contributed by atoms with E-state index in [0.29, 0.717) is 0 Å². The van der Waals surface area contributed by atoms with E-state index in [-0.39, 0.29) is 0 Å². The van der Waals surface area contributed by atoms with Crippen LogP contribution in [0.5, 0.6) is 0 Å². The predicted molar refractivity (Wildman–Crippen MR) is 122 cm³/mol. The van der Waals surface area contributed by atoms with Crippen molar-refractivity contribution in [3.63, 3.8) is 0 Å². The molecule has 0 unspecified atom stereocenters. The Morgan fingerprint density at radius 1 is 0.357 bits per heavy atom. The van der Waals surface area contributed by atoms with Gasteiger partial charge in [-0.25, -0.2) is 0 Å². The molecule has 0 amide bonds. The molecule has 0 aliphatic heterocycles. The standard InChI is InChI=1S/C28H26/c1-19-11-15-23(16-12-19)25-7-5-9-27(21(25)3)28-10-6-8-26(22(28)4)24-17-13-20(2)14-18-24/h5-18H,1-4H3. The number of hydrogen-bond acceptors (Lipinski definition) is 0. The highest BCUT2D eigenvalue weighted by Crippen LogP contribution is 2.36. The van der Waals surface area contributed by atoms with Crippen molar-refractivity contribution in [1.29, 1.82) is 0 Å². The molecule has 28 heavy (non-hydrogen) atoms. The van der Waals surface area contributed by atoms with Crippen LogP contribution in [-0.4, -0.2) is 0 Å². The molecule has 4 aromatic carbocycles. The number of rotatable bonds is 3. The molecule has 0 heteroatoms. The van der Waals surface area contributed by atoms with Gasteiger partial charge in [0.05, 0.1) is 0 Å². The van der Waals surface area contributed by atoms with Crippen LogP contribution in [0.4, 0.5) is 0 Å². The van der Waals surface area contributed by atoms with E-state index in [0.717, 1.165) is 0 Å². The molecule has 0 spiro atoms. The van der Waals surface area contributed by atoms with Crippen molar-refractivity contribution in [3.05, 3.63) is 107 Å². The van der Waals surface area contributed by atoms with Crippen LogP contribution in [0.1, 0.15) is 22.3 Å². The molecule has 0 N–H and O–H groups in total. The van der Waals surface area contributed by atoms with Crippen LogP contribution >= 0.6 is 0 Å². The molecule has 0 radical (unpaired) electrons. The van der Waals surface area contributed by atoms with Crippen LogP contribution in [0, 0.1) is 27.7 Å². The average molecular weight is 363 g/mol. The molecule has 4 rings (SSSR count). The maximum atomic E-state index is 2.24. The summed E-state index contributed by atoms with van der Waals surface area (Å²) in [4.78, 5) is 0. The monoisotopic (exact) mass is 362 g/mol. The molecule has 0 aliphatic rings. The van der Waals surface area contributed by atoms with Gasteiger partial charge < -0.3 is 0 Å². The van der Waals surface area contributed by atoms with E-state index < -0.39 is 0 Å². The summed E-state index contributed by atoms with van der Waals surface area (Å²) < 4.78 is 0. The van der Waals surface area contributed by atoms with Crippen LogP contribution in [-0.2, 0) is 0 Å². The predicted octanol–water partition coefficient (Wildman–Crippen LogP) is 7.92. The minimum Gasteiger partial charge on any atom is -0.0610 e. The van der Waals surface area contributed by atoms with Crippen molar-refractivity contribution in [2.45, 2.75) is 27.7 Å². The lowest BCUT2D eigenvalue weighted by Gasteiger charge is -2.16. The van der Waals surface area contributed by atoms with Gasteiger partial charge in [-0.2, -0.15) is 0 Å². The zero-order valence-corrected chi connectivity index (χ0v) is 17.1. The summed E-state index contributed by atoms with van der Waals surface area (Å²) in [5.41, 5.74) is 13.0. The zero-order chi connectivity index (χ0) is 19.7. The molecular formula is C28H26. The minimum absolute atomic E-state index is 1.28. The second kappa shape index (κ2) is 7.48. The normalized spacial score (nSPS) is 10.9. The van der Waals surface area contributed by atoms with E-state index >= 15 is 0 Å². The van der Waals surface area contributed by atoms with Crippen LogP contribution in [0.3, 0.4) is 0 Å². The van der Waals surface area contributed by atoms with Crippen molar-refractivity contribution in [1.82, 2.24) is 0 Å². The molecule has 0 saturated heterocycles. The fourth-order valence-corrected chi connectivity index (χ4v) is 3.95.